The summed E-state index contributed by atoms with van der Waals surface area (Å²) >= 11 is 0. The highest BCUT2D eigenvalue weighted by Gasteiger charge is 2.11. The lowest BCUT2D eigenvalue weighted by molar-refractivity contribution is 0.323. The SMILES string of the molecule is CC(C)(C)CC[C@H](N)CF. The Morgan fingerprint density at radius 2 is 1.90 bits per heavy atom. The second kappa shape index (κ2) is 3.91. The first-order chi connectivity index (χ1) is 4.45. The van der Waals surface area contributed by atoms with Crippen LogP contribution < -0.4 is 5.73 Å². The molecule has 0 aromatic rings. The fourth-order valence-electron chi connectivity index (χ4n) is 0.696. The van der Waals surface area contributed by atoms with Crippen LogP contribution in [-0.2, 0) is 0 Å². The molecule has 0 aromatic heterocycles. The topological polar surface area (TPSA) is 26.0 Å². The minimum atomic E-state index is -0.393. The minimum Gasteiger partial charge on any atom is -0.325 e. The molecule has 0 rings (SSSR count). The van der Waals surface area contributed by atoms with E-state index in [0.29, 0.717) is 0 Å². The zero-order chi connectivity index (χ0) is 8.20. The van der Waals surface area contributed by atoms with Gasteiger partial charge in [0.2, 0.25) is 0 Å². The average Bonchev–Trinajstić information content (AvgIpc) is 1.81. The highest BCUT2D eigenvalue weighted by Crippen LogP contribution is 2.20. The lowest BCUT2D eigenvalue weighted by atomic mass is 9.89. The van der Waals surface area contributed by atoms with Gasteiger partial charge in [-0.25, -0.2) is 4.39 Å². The van der Waals surface area contributed by atoms with Gasteiger partial charge < -0.3 is 5.73 Å². The number of rotatable bonds is 3. The predicted octanol–water partition coefficient (Wildman–Crippen LogP) is 2.11. The van der Waals surface area contributed by atoms with Crippen molar-refractivity contribution in [1.82, 2.24) is 0 Å². The average molecular weight is 147 g/mol. The Hall–Kier alpha value is -0.110. The van der Waals surface area contributed by atoms with Crippen LogP contribution in [0.15, 0.2) is 0 Å². The van der Waals surface area contributed by atoms with E-state index in [-0.39, 0.29) is 11.5 Å². The monoisotopic (exact) mass is 147 g/mol. The predicted molar refractivity (Wildman–Crippen MR) is 42.6 cm³/mol. The standard InChI is InChI=1S/C8H18FN/c1-8(2,3)5-4-7(10)6-9/h7H,4-6,10H2,1-3H3/t7-/m0/s1. The molecule has 0 saturated heterocycles. The summed E-state index contributed by atoms with van der Waals surface area (Å²) in [7, 11) is 0. The van der Waals surface area contributed by atoms with Crippen molar-refractivity contribution in [2.45, 2.75) is 39.7 Å². The van der Waals surface area contributed by atoms with Crippen LogP contribution in [0.25, 0.3) is 0 Å². The van der Waals surface area contributed by atoms with Crippen LogP contribution in [0.2, 0.25) is 0 Å². The molecule has 0 aromatic carbocycles. The molecule has 0 saturated carbocycles. The fraction of sp³-hybridized carbons (Fsp3) is 1.00. The third-order valence-electron chi connectivity index (χ3n) is 1.46. The van der Waals surface area contributed by atoms with Crippen LogP contribution in [0.5, 0.6) is 0 Å². The zero-order valence-electron chi connectivity index (χ0n) is 7.15. The molecule has 0 aliphatic heterocycles. The van der Waals surface area contributed by atoms with Crippen LogP contribution in [0, 0.1) is 5.41 Å². The molecule has 0 fully saturated rings. The van der Waals surface area contributed by atoms with E-state index >= 15 is 0 Å². The van der Waals surface area contributed by atoms with E-state index in [0.717, 1.165) is 12.8 Å². The molecule has 62 valence electrons. The van der Waals surface area contributed by atoms with Gasteiger partial charge in [-0.1, -0.05) is 20.8 Å². The molecular formula is C8H18FN. The van der Waals surface area contributed by atoms with Gasteiger partial charge >= 0.3 is 0 Å². The summed E-state index contributed by atoms with van der Waals surface area (Å²) in [6.45, 7) is 6.02. The second-order valence-corrected chi connectivity index (χ2v) is 4.01. The minimum absolute atomic E-state index is 0.251. The van der Waals surface area contributed by atoms with Gasteiger partial charge in [0.05, 0.1) is 0 Å². The third kappa shape index (κ3) is 6.02. The maximum Gasteiger partial charge on any atom is 0.104 e. The van der Waals surface area contributed by atoms with Gasteiger partial charge in [-0.15, -0.1) is 0 Å². The molecule has 0 aliphatic rings. The van der Waals surface area contributed by atoms with E-state index in [1.54, 1.807) is 0 Å². The fourth-order valence-corrected chi connectivity index (χ4v) is 0.696. The van der Waals surface area contributed by atoms with E-state index in [1.165, 1.54) is 0 Å². The first kappa shape index (κ1) is 9.89. The van der Waals surface area contributed by atoms with E-state index in [1.807, 2.05) is 0 Å². The molecule has 0 unspecified atom stereocenters. The summed E-state index contributed by atoms with van der Waals surface area (Å²) in [5.74, 6) is 0. The molecule has 0 spiro atoms. The lowest BCUT2D eigenvalue weighted by Gasteiger charge is -2.19. The number of hydrogen-bond acceptors (Lipinski definition) is 1. The smallest absolute Gasteiger partial charge is 0.104 e. The van der Waals surface area contributed by atoms with Crippen molar-refractivity contribution in [3.05, 3.63) is 0 Å². The molecule has 0 aliphatic carbocycles. The Morgan fingerprint density at radius 3 is 2.20 bits per heavy atom. The van der Waals surface area contributed by atoms with Gasteiger partial charge in [0.25, 0.3) is 0 Å². The molecular weight excluding hydrogens is 129 g/mol. The molecule has 1 atom stereocenters. The van der Waals surface area contributed by atoms with Crippen molar-refractivity contribution in [1.29, 1.82) is 0 Å². The molecule has 0 heterocycles. The van der Waals surface area contributed by atoms with Crippen molar-refractivity contribution < 1.29 is 4.39 Å². The van der Waals surface area contributed by atoms with Gasteiger partial charge in [0.15, 0.2) is 0 Å². The van der Waals surface area contributed by atoms with Gasteiger partial charge in [0.1, 0.15) is 6.67 Å². The van der Waals surface area contributed by atoms with Crippen LogP contribution in [0.1, 0.15) is 33.6 Å². The quantitative estimate of drug-likeness (QED) is 0.650. The summed E-state index contributed by atoms with van der Waals surface area (Å²) in [5.41, 5.74) is 5.69. The summed E-state index contributed by atoms with van der Waals surface area (Å²) in [4.78, 5) is 0. The Labute approximate surface area is 62.8 Å². The van der Waals surface area contributed by atoms with E-state index in [4.69, 9.17) is 5.73 Å². The van der Waals surface area contributed by atoms with Gasteiger partial charge in [-0.3, -0.25) is 0 Å². The molecule has 1 nitrogen and oxygen atoms in total. The lowest BCUT2D eigenvalue weighted by Crippen LogP contribution is -2.24. The normalized spacial score (nSPS) is 15.3. The van der Waals surface area contributed by atoms with E-state index in [2.05, 4.69) is 20.8 Å². The zero-order valence-corrected chi connectivity index (χ0v) is 7.15. The third-order valence-corrected chi connectivity index (χ3v) is 1.46. The Balaban J connectivity index is 3.36. The molecule has 10 heavy (non-hydrogen) atoms. The number of alkyl halides is 1. The van der Waals surface area contributed by atoms with Crippen LogP contribution in [0.3, 0.4) is 0 Å². The van der Waals surface area contributed by atoms with Crippen molar-refractivity contribution in [3.63, 3.8) is 0 Å². The largest absolute Gasteiger partial charge is 0.325 e. The number of nitrogens with two attached hydrogens (primary N) is 1. The maximum absolute atomic E-state index is 11.8. The molecule has 2 heteroatoms. The molecule has 0 amide bonds. The summed E-state index contributed by atoms with van der Waals surface area (Å²) in [5, 5.41) is 0. The van der Waals surface area contributed by atoms with Gasteiger partial charge in [-0.2, -0.15) is 0 Å². The van der Waals surface area contributed by atoms with Gasteiger partial charge in [0, 0.05) is 6.04 Å². The molecule has 0 bridgehead atoms. The number of hydrogen-bond donors (Lipinski definition) is 1. The summed E-state index contributed by atoms with van der Waals surface area (Å²) in [6, 6.07) is -0.251. The van der Waals surface area contributed by atoms with E-state index < -0.39 is 6.67 Å². The van der Waals surface area contributed by atoms with Gasteiger partial charge in [-0.05, 0) is 18.3 Å². The first-order valence-corrected chi connectivity index (χ1v) is 3.77. The van der Waals surface area contributed by atoms with Crippen molar-refractivity contribution >= 4 is 0 Å². The summed E-state index contributed by atoms with van der Waals surface area (Å²) in [6.07, 6.45) is 1.79. The van der Waals surface area contributed by atoms with Crippen molar-refractivity contribution in [3.8, 4) is 0 Å². The summed E-state index contributed by atoms with van der Waals surface area (Å²) < 4.78 is 11.8. The second-order valence-electron chi connectivity index (χ2n) is 4.01. The Kier molecular flexibility index (Phi) is 3.87. The van der Waals surface area contributed by atoms with Crippen LogP contribution in [-0.4, -0.2) is 12.7 Å². The maximum atomic E-state index is 11.8. The Morgan fingerprint density at radius 1 is 1.40 bits per heavy atom. The highest BCUT2D eigenvalue weighted by atomic mass is 19.1. The van der Waals surface area contributed by atoms with Crippen molar-refractivity contribution in [2.24, 2.45) is 11.1 Å². The molecule has 2 N–H and O–H groups in total. The highest BCUT2D eigenvalue weighted by molar-refractivity contribution is 4.67. The van der Waals surface area contributed by atoms with Crippen LogP contribution >= 0.6 is 0 Å². The van der Waals surface area contributed by atoms with Crippen LogP contribution in [0.4, 0.5) is 4.39 Å². The van der Waals surface area contributed by atoms with E-state index in [9.17, 15) is 4.39 Å². The molecule has 0 radical (unpaired) electrons. The van der Waals surface area contributed by atoms with Crippen molar-refractivity contribution in [2.75, 3.05) is 6.67 Å². The first-order valence-electron chi connectivity index (χ1n) is 3.77. The Bertz CT molecular complexity index is 85.7. The number of halogens is 1.